The average molecular weight is 348 g/mol. The van der Waals surface area contributed by atoms with Crippen molar-refractivity contribution in [1.82, 2.24) is 5.32 Å². The van der Waals surface area contributed by atoms with Gasteiger partial charge >= 0.3 is 0 Å². The van der Waals surface area contributed by atoms with E-state index in [0.29, 0.717) is 13.0 Å². The van der Waals surface area contributed by atoms with Crippen molar-refractivity contribution in [3.8, 4) is 0 Å². The third-order valence-electron chi connectivity index (χ3n) is 3.61. The number of amides is 1. The Hall–Kier alpha value is -0.620. The van der Waals surface area contributed by atoms with Gasteiger partial charge in [0.15, 0.2) is 0 Å². The van der Waals surface area contributed by atoms with Crippen LogP contribution in [0.1, 0.15) is 12.0 Å². The van der Waals surface area contributed by atoms with Gasteiger partial charge in [-0.1, -0.05) is 15.9 Å². The zero-order valence-corrected chi connectivity index (χ0v) is 12.7. The molecule has 0 bridgehead atoms. The molecule has 1 saturated heterocycles. The Balaban J connectivity index is 0.00000133. The lowest BCUT2D eigenvalue weighted by molar-refractivity contribution is -0.120. The molecule has 0 radical (unpaired) electrons. The fourth-order valence-electron chi connectivity index (χ4n) is 2.69. The number of hydrogen-bond acceptors (Lipinski definition) is 3. The Kier molecular flexibility index (Phi) is 4.50. The Labute approximate surface area is 126 Å². The molecule has 1 amide bonds. The summed E-state index contributed by atoms with van der Waals surface area (Å²) >= 11 is 3.45. The number of aliphatic hydroxyl groups is 1. The molecular formula is C13H16BrClN2O2. The molecule has 2 N–H and O–H groups in total. The summed E-state index contributed by atoms with van der Waals surface area (Å²) in [4.78, 5) is 14.2. The molecule has 1 fully saturated rings. The van der Waals surface area contributed by atoms with Crippen molar-refractivity contribution in [2.24, 2.45) is 0 Å². The minimum Gasteiger partial charge on any atom is -0.392 e. The Morgan fingerprint density at radius 3 is 2.95 bits per heavy atom. The number of nitrogens with zero attached hydrogens (tertiary/aromatic N) is 1. The van der Waals surface area contributed by atoms with E-state index in [1.165, 1.54) is 5.56 Å². The van der Waals surface area contributed by atoms with Crippen molar-refractivity contribution in [2.75, 3.05) is 18.0 Å². The number of hydrogen-bond donors (Lipinski definition) is 2. The molecule has 2 atom stereocenters. The quantitative estimate of drug-likeness (QED) is 0.809. The second-order valence-corrected chi connectivity index (χ2v) is 5.78. The van der Waals surface area contributed by atoms with Crippen LogP contribution in [0.4, 0.5) is 5.69 Å². The van der Waals surface area contributed by atoms with Crippen LogP contribution in [0, 0.1) is 0 Å². The highest BCUT2D eigenvalue weighted by atomic mass is 79.9. The van der Waals surface area contributed by atoms with Crippen LogP contribution in [0.25, 0.3) is 0 Å². The highest BCUT2D eigenvalue weighted by Gasteiger charge is 2.34. The molecule has 2 aliphatic rings. The van der Waals surface area contributed by atoms with Gasteiger partial charge in [0.1, 0.15) is 0 Å². The number of halogens is 2. The third-order valence-corrected chi connectivity index (χ3v) is 4.10. The minimum absolute atomic E-state index is 0. The predicted molar refractivity (Wildman–Crippen MR) is 79.9 cm³/mol. The van der Waals surface area contributed by atoms with Gasteiger partial charge in [0, 0.05) is 23.2 Å². The second kappa shape index (κ2) is 5.79. The van der Waals surface area contributed by atoms with Crippen molar-refractivity contribution in [2.45, 2.75) is 25.0 Å². The zero-order chi connectivity index (χ0) is 12.7. The minimum atomic E-state index is -0.397. The van der Waals surface area contributed by atoms with Crippen LogP contribution in [0.5, 0.6) is 0 Å². The standard InChI is InChI=1S/C13H15BrN2O2.ClH/c14-9-1-2-12-8(5-9)3-4-16(12)13(18)11-6-10(17)7-15-11;/h1-2,5,10-11,15,17H,3-4,6-7H2;1H/t10-,11+;/m0./s1. The van der Waals surface area contributed by atoms with E-state index < -0.39 is 6.10 Å². The summed E-state index contributed by atoms with van der Waals surface area (Å²) in [5.74, 6) is 0.0765. The molecule has 0 spiro atoms. The van der Waals surface area contributed by atoms with Gasteiger partial charge in [-0.2, -0.15) is 0 Å². The Bertz CT molecular complexity index is 498. The molecule has 104 valence electrons. The Morgan fingerprint density at radius 2 is 2.26 bits per heavy atom. The zero-order valence-electron chi connectivity index (χ0n) is 10.3. The number of carbonyl (C=O) groups is 1. The summed E-state index contributed by atoms with van der Waals surface area (Å²) in [5, 5.41) is 12.6. The fourth-order valence-corrected chi connectivity index (χ4v) is 3.10. The first-order valence-corrected chi connectivity index (χ1v) is 6.95. The first kappa shape index (κ1) is 14.8. The highest BCUT2D eigenvalue weighted by molar-refractivity contribution is 9.10. The molecule has 19 heavy (non-hydrogen) atoms. The van der Waals surface area contributed by atoms with E-state index in [-0.39, 0.29) is 24.4 Å². The number of carbonyl (C=O) groups excluding carboxylic acids is 1. The van der Waals surface area contributed by atoms with Crippen LogP contribution >= 0.6 is 28.3 Å². The van der Waals surface area contributed by atoms with Gasteiger partial charge in [-0.3, -0.25) is 4.79 Å². The van der Waals surface area contributed by atoms with Crippen LogP contribution in [0.3, 0.4) is 0 Å². The molecule has 0 unspecified atom stereocenters. The van der Waals surface area contributed by atoms with E-state index in [1.807, 2.05) is 17.0 Å². The van der Waals surface area contributed by atoms with E-state index in [4.69, 9.17) is 0 Å². The van der Waals surface area contributed by atoms with E-state index in [9.17, 15) is 9.90 Å². The average Bonchev–Trinajstić information content (AvgIpc) is 2.94. The van der Waals surface area contributed by atoms with Gasteiger partial charge in [-0.25, -0.2) is 0 Å². The van der Waals surface area contributed by atoms with Gasteiger partial charge in [-0.05, 0) is 36.6 Å². The van der Waals surface area contributed by atoms with Crippen molar-refractivity contribution >= 4 is 39.9 Å². The topological polar surface area (TPSA) is 52.6 Å². The second-order valence-electron chi connectivity index (χ2n) is 4.86. The van der Waals surface area contributed by atoms with Crippen molar-refractivity contribution < 1.29 is 9.90 Å². The van der Waals surface area contributed by atoms with Crippen LogP contribution in [-0.2, 0) is 11.2 Å². The molecule has 6 heteroatoms. The van der Waals surface area contributed by atoms with Crippen LogP contribution < -0.4 is 10.2 Å². The van der Waals surface area contributed by atoms with Crippen molar-refractivity contribution in [1.29, 1.82) is 0 Å². The van der Waals surface area contributed by atoms with Crippen molar-refractivity contribution in [3.05, 3.63) is 28.2 Å². The summed E-state index contributed by atoms with van der Waals surface area (Å²) < 4.78 is 1.05. The number of aliphatic hydroxyl groups excluding tert-OH is 1. The first-order chi connectivity index (χ1) is 8.65. The number of fused-ring (bicyclic) bond motifs is 1. The Morgan fingerprint density at radius 1 is 1.47 bits per heavy atom. The van der Waals surface area contributed by atoms with Crippen molar-refractivity contribution in [3.63, 3.8) is 0 Å². The molecule has 1 aromatic carbocycles. The molecular weight excluding hydrogens is 332 g/mol. The molecule has 0 aromatic heterocycles. The van der Waals surface area contributed by atoms with E-state index in [0.717, 1.165) is 23.1 Å². The summed E-state index contributed by atoms with van der Waals surface area (Å²) in [6, 6.07) is 5.77. The molecule has 0 aliphatic carbocycles. The highest BCUT2D eigenvalue weighted by Crippen LogP contribution is 2.31. The largest absolute Gasteiger partial charge is 0.392 e. The third kappa shape index (κ3) is 2.79. The van der Waals surface area contributed by atoms with Gasteiger partial charge in [-0.15, -0.1) is 12.4 Å². The number of rotatable bonds is 1. The number of β-amino-alcohol motifs (C(OH)–C–C–N with tert-alkyl or cyclic N) is 1. The maximum absolute atomic E-state index is 12.4. The number of nitrogens with one attached hydrogen (secondary N) is 1. The van der Waals surface area contributed by atoms with Crippen LogP contribution in [0.15, 0.2) is 22.7 Å². The summed E-state index contributed by atoms with van der Waals surface area (Å²) in [6.45, 7) is 1.25. The normalized spacial score (nSPS) is 25.1. The fraction of sp³-hybridized carbons (Fsp3) is 0.462. The molecule has 2 aliphatic heterocycles. The van der Waals surface area contributed by atoms with Gasteiger partial charge < -0.3 is 15.3 Å². The summed E-state index contributed by atoms with van der Waals surface area (Å²) in [6.07, 6.45) is 1.02. The van der Waals surface area contributed by atoms with E-state index in [2.05, 4.69) is 27.3 Å². The molecule has 2 heterocycles. The number of benzene rings is 1. The van der Waals surface area contributed by atoms with Crippen LogP contribution in [-0.4, -0.2) is 36.2 Å². The monoisotopic (exact) mass is 346 g/mol. The molecule has 4 nitrogen and oxygen atoms in total. The number of anilines is 1. The van der Waals surface area contributed by atoms with E-state index >= 15 is 0 Å². The SMILES string of the molecule is Cl.O=C([C@H]1C[C@H](O)CN1)N1CCc2cc(Br)ccc21. The molecule has 0 saturated carbocycles. The van der Waals surface area contributed by atoms with Gasteiger partial charge in [0.05, 0.1) is 12.1 Å². The van der Waals surface area contributed by atoms with Gasteiger partial charge in [0.25, 0.3) is 0 Å². The first-order valence-electron chi connectivity index (χ1n) is 6.16. The maximum Gasteiger partial charge on any atom is 0.244 e. The van der Waals surface area contributed by atoms with E-state index in [1.54, 1.807) is 0 Å². The summed E-state index contributed by atoms with van der Waals surface area (Å²) in [5.41, 5.74) is 2.21. The lowest BCUT2D eigenvalue weighted by Gasteiger charge is -2.21. The van der Waals surface area contributed by atoms with Crippen LogP contribution in [0.2, 0.25) is 0 Å². The van der Waals surface area contributed by atoms with Gasteiger partial charge in [0.2, 0.25) is 5.91 Å². The molecule has 1 aromatic rings. The smallest absolute Gasteiger partial charge is 0.244 e. The maximum atomic E-state index is 12.4. The molecule has 3 rings (SSSR count). The summed E-state index contributed by atoms with van der Waals surface area (Å²) in [7, 11) is 0. The lowest BCUT2D eigenvalue weighted by Crippen LogP contribution is -2.42. The predicted octanol–water partition coefficient (Wildman–Crippen LogP) is 1.48. The lowest BCUT2D eigenvalue weighted by atomic mass is 10.1.